The molecule has 6 aromatic rings. The number of thiazole rings is 1. The number of nitrogens with zero attached hydrogens (tertiary/aromatic N) is 5. The quantitative estimate of drug-likeness (QED) is 0.340. The van der Waals surface area contributed by atoms with Gasteiger partial charge in [0, 0.05) is 23.4 Å². The molecule has 0 radical (unpaired) electrons. The van der Waals surface area contributed by atoms with Crippen LogP contribution in [0.15, 0.2) is 82.7 Å². The average Bonchev–Trinajstić information content (AvgIpc) is 3.64. The van der Waals surface area contributed by atoms with Crippen LogP contribution in [0.5, 0.6) is 5.75 Å². The lowest BCUT2D eigenvalue weighted by Gasteiger charge is -2.10. The SMILES string of the molecule is c1ccc(-c2csc(-c3cc4cc(OCc5ccccc5Cc5nn[nH]n5)ccc4o3)n2)nc1. The highest BCUT2D eigenvalue weighted by Gasteiger charge is 2.13. The molecule has 1 N–H and O–H groups in total. The van der Waals surface area contributed by atoms with E-state index in [2.05, 4.69) is 25.6 Å². The highest BCUT2D eigenvalue weighted by Crippen LogP contribution is 2.33. The summed E-state index contributed by atoms with van der Waals surface area (Å²) >= 11 is 1.53. The van der Waals surface area contributed by atoms with Crippen LogP contribution >= 0.6 is 11.3 Å². The van der Waals surface area contributed by atoms with Gasteiger partial charge in [0.05, 0.1) is 5.69 Å². The Hall–Kier alpha value is -4.37. The first-order valence-electron chi connectivity index (χ1n) is 10.6. The molecule has 9 heteroatoms. The number of fused-ring (bicyclic) bond motifs is 1. The second kappa shape index (κ2) is 8.87. The molecule has 0 unspecified atom stereocenters. The Balaban J connectivity index is 1.20. The number of tetrazole rings is 1. The molecule has 34 heavy (non-hydrogen) atoms. The number of hydrogen-bond donors (Lipinski definition) is 1. The molecule has 6 rings (SSSR count). The van der Waals surface area contributed by atoms with Crippen molar-refractivity contribution in [1.29, 1.82) is 0 Å². The van der Waals surface area contributed by atoms with E-state index in [1.54, 1.807) is 6.20 Å². The summed E-state index contributed by atoms with van der Waals surface area (Å²) in [5.74, 6) is 2.14. The predicted molar refractivity (Wildman–Crippen MR) is 128 cm³/mol. The van der Waals surface area contributed by atoms with E-state index in [0.717, 1.165) is 50.0 Å². The molecule has 0 aliphatic rings. The number of aromatic amines is 1. The van der Waals surface area contributed by atoms with Gasteiger partial charge in [-0.3, -0.25) is 4.98 Å². The second-order valence-corrected chi connectivity index (χ2v) is 8.48. The zero-order valence-electron chi connectivity index (χ0n) is 17.9. The zero-order valence-corrected chi connectivity index (χ0v) is 18.7. The number of rotatable bonds is 7. The van der Waals surface area contributed by atoms with Crippen LogP contribution < -0.4 is 4.74 Å². The highest BCUT2D eigenvalue weighted by atomic mass is 32.1. The molecule has 166 valence electrons. The van der Waals surface area contributed by atoms with E-state index in [-0.39, 0.29) is 0 Å². The Morgan fingerprint density at radius 3 is 2.71 bits per heavy atom. The minimum absolute atomic E-state index is 0.435. The number of nitrogens with one attached hydrogen (secondary N) is 1. The minimum atomic E-state index is 0.435. The van der Waals surface area contributed by atoms with E-state index in [4.69, 9.17) is 14.1 Å². The first-order valence-corrected chi connectivity index (χ1v) is 11.5. The maximum absolute atomic E-state index is 6.11. The van der Waals surface area contributed by atoms with Crippen molar-refractivity contribution >= 4 is 22.3 Å². The van der Waals surface area contributed by atoms with Crippen molar-refractivity contribution < 1.29 is 9.15 Å². The van der Waals surface area contributed by atoms with Crippen molar-refractivity contribution in [2.24, 2.45) is 0 Å². The van der Waals surface area contributed by atoms with Gasteiger partial charge in [-0.1, -0.05) is 35.5 Å². The largest absolute Gasteiger partial charge is 0.489 e. The van der Waals surface area contributed by atoms with Gasteiger partial charge in [-0.15, -0.1) is 21.5 Å². The minimum Gasteiger partial charge on any atom is -0.489 e. The Morgan fingerprint density at radius 1 is 0.941 bits per heavy atom. The van der Waals surface area contributed by atoms with E-state index >= 15 is 0 Å². The first kappa shape index (κ1) is 20.3. The smallest absolute Gasteiger partial charge is 0.178 e. The van der Waals surface area contributed by atoms with Crippen molar-refractivity contribution in [3.8, 4) is 27.9 Å². The number of ether oxygens (including phenoxy) is 1. The number of benzene rings is 2. The van der Waals surface area contributed by atoms with Crippen LogP contribution in [0, 0.1) is 0 Å². The molecule has 0 saturated heterocycles. The molecule has 2 aromatic carbocycles. The number of furan rings is 1. The molecule has 8 nitrogen and oxygen atoms in total. The van der Waals surface area contributed by atoms with E-state index < -0.39 is 0 Å². The fraction of sp³-hybridized carbons (Fsp3) is 0.0800. The fourth-order valence-corrected chi connectivity index (χ4v) is 4.46. The lowest BCUT2D eigenvalue weighted by atomic mass is 10.1. The molecular weight excluding hydrogens is 448 g/mol. The van der Waals surface area contributed by atoms with Gasteiger partial charge in [-0.25, -0.2) is 4.98 Å². The molecule has 0 spiro atoms. The lowest BCUT2D eigenvalue weighted by molar-refractivity contribution is 0.305. The monoisotopic (exact) mass is 466 g/mol. The normalized spacial score (nSPS) is 11.2. The van der Waals surface area contributed by atoms with Crippen molar-refractivity contribution in [2.75, 3.05) is 0 Å². The van der Waals surface area contributed by atoms with Crippen molar-refractivity contribution in [1.82, 2.24) is 30.6 Å². The number of pyridine rings is 1. The summed E-state index contributed by atoms with van der Waals surface area (Å²) in [6, 6.07) is 21.7. The average molecular weight is 467 g/mol. The van der Waals surface area contributed by atoms with Crippen molar-refractivity contribution in [3.63, 3.8) is 0 Å². The lowest BCUT2D eigenvalue weighted by Crippen LogP contribution is -2.02. The molecule has 0 amide bonds. The van der Waals surface area contributed by atoms with Crippen LogP contribution in [-0.4, -0.2) is 30.6 Å². The van der Waals surface area contributed by atoms with Gasteiger partial charge in [-0.2, -0.15) is 5.21 Å². The van der Waals surface area contributed by atoms with Crippen LogP contribution in [0.1, 0.15) is 17.0 Å². The van der Waals surface area contributed by atoms with Gasteiger partial charge < -0.3 is 9.15 Å². The van der Waals surface area contributed by atoms with Crippen LogP contribution in [0.4, 0.5) is 0 Å². The van der Waals surface area contributed by atoms with Gasteiger partial charge in [0.1, 0.15) is 23.6 Å². The van der Waals surface area contributed by atoms with Crippen molar-refractivity contribution in [2.45, 2.75) is 13.0 Å². The molecule has 4 aromatic heterocycles. The molecule has 0 saturated carbocycles. The van der Waals surface area contributed by atoms with Crippen molar-refractivity contribution in [3.05, 3.63) is 95.3 Å². The zero-order chi connectivity index (χ0) is 22.7. The Labute approximate surface area is 198 Å². The van der Waals surface area contributed by atoms with Crippen LogP contribution in [-0.2, 0) is 13.0 Å². The third-order valence-corrected chi connectivity index (χ3v) is 6.24. The van der Waals surface area contributed by atoms with E-state index in [1.807, 2.05) is 72.1 Å². The molecular formula is C25H18N6O2S. The summed E-state index contributed by atoms with van der Waals surface area (Å²) in [6.07, 6.45) is 2.36. The maximum atomic E-state index is 6.11. The topological polar surface area (TPSA) is 103 Å². The summed E-state index contributed by atoms with van der Waals surface area (Å²) < 4.78 is 12.2. The van der Waals surface area contributed by atoms with E-state index in [0.29, 0.717) is 18.9 Å². The van der Waals surface area contributed by atoms with Crippen LogP contribution in [0.3, 0.4) is 0 Å². The second-order valence-electron chi connectivity index (χ2n) is 7.63. The first-order chi connectivity index (χ1) is 16.8. The summed E-state index contributed by atoms with van der Waals surface area (Å²) in [5, 5.41) is 18.0. The molecule has 0 atom stereocenters. The van der Waals surface area contributed by atoms with Gasteiger partial charge in [0.2, 0.25) is 0 Å². The third-order valence-electron chi connectivity index (χ3n) is 5.38. The molecule has 0 aliphatic carbocycles. The number of hydrogen-bond acceptors (Lipinski definition) is 8. The molecule has 0 bridgehead atoms. The Kier molecular flexibility index (Phi) is 5.29. The van der Waals surface area contributed by atoms with Gasteiger partial charge in [-0.05, 0) is 47.5 Å². The van der Waals surface area contributed by atoms with Gasteiger partial charge >= 0.3 is 0 Å². The summed E-state index contributed by atoms with van der Waals surface area (Å²) in [4.78, 5) is 9.07. The van der Waals surface area contributed by atoms with Crippen LogP contribution in [0.25, 0.3) is 33.1 Å². The Bertz CT molecular complexity index is 1540. The fourth-order valence-electron chi connectivity index (χ4n) is 3.70. The molecule has 4 heterocycles. The molecule has 0 fully saturated rings. The third kappa shape index (κ3) is 4.16. The number of aromatic nitrogens is 6. The van der Waals surface area contributed by atoms with E-state index in [1.165, 1.54) is 11.3 Å². The highest BCUT2D eigenvalue weighted by molar-refractivity contribution is 7.13. The van der Waals surface area contributed by atoms with Gasteiger partial charge in [0.15, 0.2) is 16.6 Å². The molecule has 0 aliphatic heterocycles. The summed E-state index contributed by atoms with van der Waals surface area (Å²) in [6.45, 7) is 0.435. The number of H-pyrrole nitrogens is 1. The van der Waals surface area contributed by atoms with E-state index in [9.17, 15) is 0 Å². The summed E-state index contributed by atoms with van der Waals surface area (Å²) in [7, 11) is 0. The maximum Gasteiger partial charge on any atom is 0.178 e. The van der Waals surface area contributed by atoms with Crippen LogP contribution in [0.2, 0.25) is 0 Å². The standard InChI is InChI=1S/C25H18N6O2S/c1-2-6-17(16(5-1)13-24-28-30-31-29-24)14-32-19-8-9-22-18(11-19)12-23(33-22)25-27-21(15-34-25)20-7-3-4-10-26-20/h1-12,15H,13-14H2,(H,28,29,30,31). The van der Waals surface area contributed by atoms with Gasteiger partial charge in [0.25, 0.3) is 0 Å². The Morgan fingerprint density at radius 2 is 1.85 bits per heavy atom. The summed E-state index contributed by atoms with van der Waals surface area (Å²) in [5.41, 5.74) is 4.64. The predicted octanol–water partition coefficient (Wildman–Crippen LogP) is 5.30.